The summed E-state index contributed by atoms with van der Waals surface area (Å²) in [6.45, 7) is 2.04. The van der Waals surface area contributed by atoms with Gasteiger partial charge in [0.15, 0.2) is 11.6 Å². The lowest BCUT2D eigenvalue weighted by atomic mass is 10.2. The molecule has 0 saturated heterocycles. The van der Waals surface area contributed by atoms with Crippen molar-refractivity contribution < 1.29 is 0 Å². The molecule has 3 heterocycles. The second-order valence-corrected chi connectivity index (χ2v) is 4.84. The molecule has 0 unspecified atom stereocenters. The molecule has 0 aliphatic heterocycles. The van der Waals surface area contributed by atoms with Crippen molar-refractivity contribution in [1.82, 2.24) is 24.5 Å². The normalized spacial score (nSPS) is 11.1. The van der Waals surface area contributed by atoms with Crippen LogP contribution in [0.5, 0.6) is 0 Å². The van der Waals surface area contributed by atoms with Crippen molar-refractivity contribution in [2.45, 2.75) is 6.92 Å². The van der Waals surface area contributed by atoms with Gasteiger partial charge in [0.2, 0.25) is 0 Å². The summed E-state index contributed by atoms with van der Waals surface area (Å²) in [6, 6.07) is 12.0. The molecule has 4 aromatic rings. The molecule has 0 aliphatic rings. The van der Waals surface area contributed by atoms with Gasteiger partial charge in [0.1, 0.15) is 5.82 Å². The molecule has 0 saturated carbocycles. The Morgan fingerprint density at radius 1 is 1.00 bits per heavy atom. The zero-order chi connectivity index (χ0) is 14.2. The molecular formula is C16H13N5. The van der Waals surface area contributed by atoms with Gasteiger partial charge in [-0.2, -0.15) is 0 Å². The van der Waals surface area contributed by atoms with Crippen molar-refractivity contribution in [2.75, 3.05) is 0 Å². The van der Waals surface area contributed by atoms with Gasteiger partial charge in [-0.3, -0.25) is 4.57 Å². The number of nitrogens with one attached hydrogen (secondary N) is 1. The molecular weight excluding hydrogens is 262 g/mol. The molecule has 1 N–H and O–H groups in total. The number of nitrogens with zero attached hydrogens (tertiary/aromatic N) is 4. The maximum absolute atomic E-state index is 4.70. The highest BCUT2D eigenvalue weighted by atomic mass is 15.2. The smallest absolute Gasteiger partial charge is 0.183 e. The molecule has 0 bridgehead atoms. The van der Waals surface area contributed by atoms with E-state index < -0.39 is 0 Å². The van der Waals surface area contributed by atoms with E-state index in [1.165, 1.54) is 0 Å². The predicted molar refractivity (Wildman–Crippen MR) is 81.2 cm³/mol. The fraction of sp³-hybridized carbons (Fsp3) is 0.0625. The minimum atomic E-state index is 0.733. The van der Waals surface area contributed by atoms with Gasteiger partial charge in [-0.05, 0) is 30.7 Å². The number of H-pyrrole nitrogens is 1. The topological polar surface area (TPSA) is 59.4 Å². The fourth-order valence-electron chi connectivity index (χ4n) is 2.50. The van der Waals surface area contributed by atoms with Crippen LogP contribution in [0.15, 0.2) is 55.0 Å². The van der Waals surface area contributed by atoms with Crippen LogP contribution in [-0.2, 0) is 0 Å². The molecule has 4 rings (SSSR count). The highest BCUT2D eigenvalue weighted by Crippen LogP contribution is 2.26. The molecule has 5 nitrogen and oxygen atoms in total. The van der Waals surface area contributed by atoms with Gasteiger partial charge in [-0.15, -0.1) is 0 Å². The van der Waals surface area contributed by atoms with E-state index in [0.717, 1.165) is 34.1 Å². The maximum atomic E-state index is 4.70. The lowest BCUT2D eigenvalue weighted by Crippen LogP contribution is -2.03. The van der Waals surface area contributed by atoms with Crippen LogP contribution in [0, 0.1) is 6.92 Å². The summed E-state index contributed by atoms with van der Waals surface area (Å²) >= 11 is 0. The van der Waals surface area contributed by atoms with Crippen molar-refractivity contribution >= 4 is 11.0 Å². The van der Waals surface area contributed by atoms with E-state index >= 15 is 0 Å². The van der Waals surface area contributed by atoms with Gasteiger partial charge in [0.25, 0.3) is 0 Å². The number of hydrogen-bond acceptors (Lipinski definition) is 3. The van der Waals surface area contributed by atoms with Gasteiger partial charge < -0.3 is 4.98 Å². The van der Waals surface area contributed by atoms with Crippen LogP contribution >= 0.6 is 0 Å². The minimum Gasteiger partial charge on any atom is -0.342 e. The average molecular weight is 275 g/mol. The summed E-state index contributed by atoms with van der Waals surface area (Å²) in [5.74, 6) is 2.37. The lowest BCUT2D eigenvalue weighted by Gasteiger charge is -2.09. The van der Waals surface area contributed by atoms with Crippen LogP contribution in [-0.4, -0.2) is 24.5 Å². The summed E-state index contributed by atoms with van der Waals surface area (Å²) in [4.78, 5) is 16.7. The first-order valence-corrected chi connectivity index (χ1v) is 6.74. The Labute approximate surface area is 121 Å². The van der Waals surface area contributed by atoms with Crippen molar-refractivity contribution in [2.24, 2.45) is 0 Å². The van der Waals surface area contributed by atoms with Gasteiger partial charge in [-0.1, -0.05) is 18.2 Å². The number of benzene rings is 1. The molecule has 0 fully saturated rings. The summed E-state index contributed by atoms with van der Waals surface area (Å²) in [5, 5.41) is 0. The number of fused-ring (bicyclic) bond motifs is 1. The second-order valence-electron chi connectivity index (χ2n) is 4.84. The largest absolute Gasteiger partial charge is 0.342 e. The highest BCUT2D eigenvalue weighted by molar-refractivity contribution is 5.81. The Morgan fingerprint density at radius 3 is 2.71 bits per heavy atom. The van der Waals surface area contributed by atoms with Crippen LogP contribution in [0.3, 0.4) is 0 Å². The van der Waals surface area contributed by atoms with Gasteiger partial charge >= 0.3 is 0 Å². The number of aromatic nitrogens is 5. The standard InChI is InChI=1S/C16H13N5/c1-11-5-4-8-19-15(11)21-13-7-3-2-6-12(13)20-16(21)14-17-9-10-18-14/h2-10H,1H3,(H,17,18). The summed E-state index contributed by atoms with van der Waals surface area (Å²) < 4.78 is 2.05. The quantitative estimate of drug-likeness (QED) is 0.611. The van der Waals surface area contributed by atoms with Gasteiger partial charge in [-0.25, -0.2) is 15.0 Å². The van der Waals surface area contributed by atoms with Crippen molar-refractivity contribution in [3.63, 3.8) is 0 Å². The number of aryl methyl sites for hydroxylation is 1. The predicted octanol–water partition coefficient (Wildman–Crippen LogP) is 3.12. The molecule has 0 amide bonds. The van der Waals surface area contributed by atoms with Crippen molar-refractivity contribution in [3.05, 3.63) is 60.6 Å². The van der Waals surface area contributed by atoms with E-state index in [9.17, 15) is 0 Å². The van der Waals surface area contributed by atoms with Crippen LogP contribution < -0.4 is 0 Å². The molecule has 21 heavy (non-hydrogen) atoms. The van der Waals surface area contributed by atoms with Crippen LogP contribution in [0.4, 0.5) is 0 Å². The second kappa shape index (κ2) is 4.56. The molecule has 0 radical (unpaired) electrons. The van der Waals surface area contributed by atoms with E-state index in [1.807, 2.05) is 47.9 Å². The molecule has 5 heteroatoms. The summed E-state index contributed by atoms with van der Waals surface area (Å²) in [6.07, 6.45) is 5.32. The van der Waals surface area contributed by atoms with Crippen LogP contribution in [0.2, 0.25) is 0 Å². The third-order valence-electron chi connectivity index (χ3n) is 3.46. The summed E-state index contributed by atoms with van der Waals surface area (Å²) in [5.41, 5.74) is 3.04. The number of aromatic amines is 1. The SMILES string of the molecule is Cc1cccnc1-n1c(-c2ncc[nH]2)nc2ccccc21. The minimum absolute atomic E-state index is 0.733. The molecule has 3 aromatic heterocycles. The molecule has 1 aromatic carbocycles. The Balaban J connectivity index is 2.11. The van der Waals surface area contributed by atoms with Gasteiger partial charge in [0, 0.05) is 18.6 Å². The number of para-hydroxylation sites is 2. The van der Waals surface area contributed by atoms with Crippen molar-refractivity contribution in [3.8, 4) is 17.5 Å². The fourth-order valence-corrected chi connectivity index (χ4v) is 2.50. The van der Waals surface area contributed by atoms with E-state index in [0.29, 0.717) is 0 Å². The highest BCUT2D eigenvalue weighted by Gasteiger charge is 2.17. The Hall–Kier alpha value is -2.95. The number of pyridine rings is 1. The first-order valence-electron chi connectivity index (χ1n) is 6.74. The molecule has 0 atom stereocenters. The Kier molecular flexibility index (Phi) is 2.57. The third kappa shape index (κ3) is 1.82. The van der Waals surface area contributed by atoms with E-state index in [2.05, 4.69) is 15.0 Å². The number of rotatable bonds is 2. The molecule has 102 valence electrons. The zero-order valence-electron chi connectivity index (χ0n) is 11.5. The first kappa shape index (κ1) is 11.8. The van der Waals surface area contributed by atoms with Crippen LogP contribution in [0.25, 0.3) is 28.5 Å². The Bertz CT molecular complexity index is 905. The first-order chi connectivity index (χ1) is 10.3. The molecule has 0 spiro atoms. The third-order valence-corrected chi connectivity index (χ3v) is 3.46. The monoisotopic (exact) mass is 275 g/mol. The van der Waals surface area contributed by atoms with Gasteiger partial charge in [0.05, 0.1) is 11.0 Å². The average Bonchev–Trinajstić information content (AvgIpc) is 3.15. The maximum Gasteiger partial charge on any atom is 0.183 e. The van der Waals surface area contributed by atoms with E-state index in [4.69, 9.17) is 4.98 Å². The van der Waals surface area contributed by atoms with Crippen molar-refractivity contribution in [1.29, 1.82) is 0 Å². The summed E-state index contributed by atoms with van der Waals surface area (Å²) in [7, 11) is 0. The molecule has 0 aliphatic carbocycles. The van der Waals surface area contributed by atoms with E-state index in [1.54, 1.807) is 18.6 Å². The number of hydrogen-bond donors (Lipinski definition) is 1. The number of imidazole rings is 2. The van der Waals surface area contributed by atoms with E-state index in [-0.39, 0.29) is 0 Å². The Morgan fingerprint density at radius 2 is 1.90 bits per heavy atom. The zero-order valence-corrected chi connectivity index (χ0v) is 11.5. The lowest BCUT2D eigenvalue weighted by molar-refractivity contribution is 0.995. The van der Waals surface area contributed by atoms with Crippen LogP contribution in [0.1, 0.15) is 5.56 Å².